The molecular weight excluding hydrogens is 226 g/mol. The van der Waals surface area contributed by atoms with Gasteiger partial charge < -0.3 is 11.5 Å². The molecule has 0 amide bonds. The van der Waals surface area contributed by atoms with Gasteiger partial charge in [-0.2, -0.15) is 0 Å². The molecule has 0 saturated heterocycles. The van der Waals surface area contributed by atoms with E-state index >= 15 is 0 Å². The predicted molar refractivity (Wildman–Crippen MR) is 61.6 cm³/mol. The molecule has 82 valence electrons. The van der Waals surface area contributed by atoms with E-state index in [1.54, 1.807) is 19.1 Å². The van der Waals surface area contributed by atoms with Crippen molar-refractivity contribution in [2.75, 3.05) is 6.54 Å². The molecule has 0 aliphatic carbocycles. The van der Waals surface area contributed by atoms with Crippen LogP contribution in [0.4, 0.5) is 4.39 Å². The molecule has 0 spiro atoms. The maximum Gasteiger partial charge on any atom is 0.126 e. The molecule has 1 unspecified atom stereocenters. The van der Waals surface area contributed by atoms with E-state index in [1.165, 1.54) is 6.07 Å². The molecule has 0 aliphatic rings. The minimum absolute atomic E-state index is 0. The molecule has 1 aromatic rings. The molecule has 2 nitrogen and oxygen atoms in total. The zero-order chi connectivity index (χ0) is 9.14. The van der Waals surface area contributed by atoms with E-state index in [1.807, 2.05) is 0 Å². The van der Waals surface area contributed by atoms with Gasteiger partial charge in [0.25, 0.3) is 0 Å². The van der Waals surface area contributed by atoms with Crippen molar-refractivity contribution in [1.82, 2.24) is 0 Å². The van der Waals surface area contributed by atoms with Crippen LogP contribution in [0.25, 0.3) is 0 Å². The summed E-state index contributed by atoms with van der Waals surface area (Å²) in [4.78, 5) is 0. The smallest absolute Gasteiger partial charge is 0.126 e. The van der Waals surface area contributed by atoms with Crippen molar-refractivity contribution in [2.24, 2.45) is 11.5 Å². The second kappa shape index (κ2) is 7.01. The Kier molecular flexibility index (Phi) is 8.06. The number of halogens is 3. The topological polar surface area (TPSA) is 52.0 Å². The summed E-state index contributed by atoms with van der Waals surface area (Å²) in [5, 5.41) is 0. The van der Waals surface area contributed by atoms with E-state index in [9.17, 15) is 4.39 Å². The summed E-state index contributed by atoms with van der Waals surface area (Å²) in [6.45, 7) is 2.09. The van der Waals surface area contributed by atoms with E-state index in [4.69, 9.17) is 11.5 Å². The van der Waals surface area contributed by atoms with Crippen LogP contribution in [0.1, 0.15) is 17.2 Å². The van der Waals surface area contributed by atoms with Gasteiger partial charge in [-0.15, -0.1) is 24.8 Å². The highest BCUT2D eigenvalue weighted by Crippen LogP contribution is 2.13. The number of hydrogen-bond acceptors (Lipinski definition) is 2. The third kappa shape index (κ3) is 3.80. The molecule has 0 saturated carbocycles. The van der Waals surface area contributed by atoms with Crippen LogP contribution in [0, 0.1) is 12.7 Å². The minimum atomic E-state index is -0.206. The van der Waals surface area contributed by atoms with Crippen LogP contribution in [-0.2, 0) is 0 Å². The van der Waals surface area contributed by atoms with Crippen LogP contribution in [0.3, 0.4) is 0 Å². The molecule has 0 aromatic heterocycles. The van der Waals surface area contributed by atoms with E-state index in [-0.39, 0.29) is 36.7 Å². The highest BCUT2D eigenvalue weighted by molar-refractivity contribution is 5.85. The molecule has 0 aliphatic heterocycles. The van der Waals surface area contributed by atoms with Crippen molar-refractivity contribution in [1.29, 1.82) is 0 Å². The predicted octanol–water partition coefficient (Wildman–Crippen LogP) is 1.94. The first-order chi connectivity index (χ1) is 5.65. The monoisotopic (exact) mass is 240 g/mol. The maximum atomic E-state index is 12.8. The Hall–Kier alpha value is -0.350. The van der Waals surface area contributed by atoms with Gasteiger partial charge in [0.2, 0.25) is 0 Å². The summed E-state index contributed by atoms with van der Waals surface area (Å²) in [5.41, 5.74) is 12.5. The molecule has 0 heterocycles. The molecular formula is C9H15Cl2FN2. The summed E-state index contributed by atoms with van der Waals surface area (Å²) in [6, 6.07) is 4.62. The number of benzene rings is 1. The second-order valence-corrected chi connectivity index (χ2v) is 2.85. The average molecular weight is 241 g/mol. The fourth-order valence-electron chi connectivity index (χ4n) is 1.03. The standard InChI is InChI=1S/C9H13FN2.2ClH/c1-6-4-7(9(12)5-11)2-3-8(6)10;;/h2-4,9H,5,11-12H2,1H3;2*1H. The van der Waals surface area contributed by atoms with Gasteiger partial charge in [0.05, 0.1) is 0 Å². The molecule has 0 radical (unpaired) electrons. The Bertz CT molecular complexity index is 282. The summed E-state index contributed by atoms with van der Waals surface area (Å²) in [6.07, 6.45) is 0. The maximum absolute atomic E-state index is 12.8. The third-order valence-electron chi connectivity index (χ3n) is 1.86. The summed E-state index contributed by atoms with van der Waals surface area (Å²) < 4.78 is 12.8. The molecule has 14 heavy (non-hydrogen) atoms. The van der Waals surface area contributed by atoms with Crippen molar-refractivity contribution in [3.8, 4) is 0 Å². The van der Waals surface area contributed by atoms with Gasteiger partial charge in [-0.05, 0) is 24.1 Å². The van der Waals surface area contributed by atoms with Gasteiger partial charge in [0.1, 0.15) is 5.82 Å². The normalized spacial score (nSPS) is 11.1. The Labute approximate surface area is 95.7 Å². The van der Waals surface area contributed by atoms with Crippen LogP contribution in [-0.4, -0.2) is 6.54 Å². The van der Waals surface area contributed by atoms with Crippen molar-refractivity contribution in [3.05, 3.63) is 35.1 Å². The Morgan fingerprint density at radius 1 is 1.36 bits per heavy atom. The van der Waals surface area contributed by atoms with Crippen molar-refractivity contribution in [2.45, 2.75) is 13.0 Å². The van der Waals surface area contributed by atoms with Crippen LogP contribution in [0.5, 0.6) is 0 Å². The first-order valence-electron chi connectivity index (χ1n) is 3.87. The molecule has 0 fully saturated rings. The van der Waals surface area contributed by atoms with Gasteiger partial charge in [0.15, 0.2) is 0 Å². The Balaban J connectivity index is 0. The van der Waals surface area contributed by atoms with Crippen LogP contribution in [0.2, 0.25) is 0 Å². The SMILES string of the molecule is Cc1cc(C(N)CN)ccc1F.Cl.Cl. The Morgan fingerprint density at radius 2 is 1.93 bits per heavy atom. The van der Waals surface area contributed by atoms with E-state index in [2.05, 4.69) is 0 Å². The van der Waals surface area contributed by atoms with Crippen molar-refractivity contribution < 1.29 is 4.39 Å². The molecule has 1 aromatic carbocycles. The van der Waals surface area contributed by atoms with Gasteiger partial charge in [-0.3, -0.25) is 0 Å². The lowest BCUT2D eigenvalue weighted by atomic mass is 10.1. The summed E-state index contributed by atoms with van der Waals surface area (Å²) >= 11 is 0. The second-order valence-electron chi connectivity index (χ2n) is 2.85. The number of nitrogens with two attached hydrogens (primary N) is 2. The van der Waals surface area contributed by atoms with Crippen molar-refractivity contribution in [3.63, 3.8) is 0 Å². The lowest BCUT2D eigenvalue weighted by Crippen LogP contribution is -2.20. The van der Waals surface area contributed by atoms with E-state index in [0.717, 1.165) is 5.56 Å². The summed E-state index contributed by atoms with van der Waals surface area (Å²) in [5.74, 6) is -0.206. The lowest BCUT2D eigenvalue weighted by molar-refractivity contribution is 0.615. The largest absolute Gasteiger partial charge is 0.329 e. The lowest BCUT2D eigenvalue weighted by Gasteiger charge is -2.09. The quantitative estimate of drug-likeness (QED) is 0.831. The number of aryl methyl sites for hydroxylation is 1. The fourth-order valence-corrected chi connectivity index (χ4v) is 1.03. The highest BCUT2D eigenvalue weighted by Gasteiger charge is 2.04. The first-order valence-corrected chi connectivity index (χ1v) is 3.87. The molecule has 4 N–H and O–H groups in total. The number of rotatable bonds is 2. The Morgan fingerprint density at radius 3 is 2.36 bits per heavy atom. The van der Waals surface area contributed by atoms with Crippen LogP contribution >= 0.6 is 24.8 Å². The van der Waals surface area contributed by atoms with Gasteiger partial charge in [0, 0.05) is 12.6 Å². The minimum Gasteiger partial charge on any atom is -0.329 e. The molecule has 0 bridgehead atoms. The zero-order valence-electron chi connectivity index (χ0n) is 7.87. The van der Waals surface area contributed by atoms with Gasteiger partial charge in [-0.25, -0.2) is 4.39 Å². The average Bonchev–Trinajstić information content (AvgIpc) is 2.08. The summed E-state index contributed by atoms with van der Waals surface area (Å²) in [7, 11) is 0. The zero-order valence-corrected chi connectivity index (χ0v) is 9.50. The molecule has 1 rings (SSSR count). The van der Waals surface area contributed by atoms with Crippen LogP contribution in [0.15, 0.2) is 18.2 Å². The third-order valence-corrected chi connectivity index (χ3v) is 1.86. The van der Waals surface area contributed by atoms with Gasteiger partial charge >= 0.3 is 0 Å². The van der Waals surface area contributed by atoms with Crippen molar-refractivity contribution >= 4 is 24.8 Å². The van der Waals surface area contributed by atoms with Gasteiger partial charge in [-0.1, -0.05) is 12.1 Å². The van der Waals surface area contributed by atoms with Crippen LogP contribution < -0.4 is 11.5 Å². The van der Waals surface area contributed by atoms with E-state index < -0.39 is 0 Å². The molecule has 1 atom stereocenters. The highest BCUT2D eigenvalue weighted by atomic mass is 35.5. The number of hydrogen-bond donors (Lipinski definition) is 2. The molecule has 5 heteroatoms. The van der Waals surface area contributed by atoms with E-state index in [0.29, 0.717) is 12.1 Å². The fraction of sp³-hybridized carbons (Fsp3) is 0.333. The first kappa shape index (κ1) is 16.1.